The summed E-state index contributed by atoms with van der Waals surface area (Å²) in [5, 5.41) is 0. The van der Waals surface area contributed by atoms with Gasteiger partial charge in [-0.15, -0.1) is 0 Å². The molecule has 1 aliphatic heterocycles. The van der Waals surface area contributed by atoms with Crippen molar-refractivity contribution in [3.05, 3.63) is 62.0 Å². The monoisotopic (exact) mass is 508 g/mol. The Morgan fingerprint density at radius 2 is 1.79 bits per heavy atom. The van der Waals surface area contributed by atoms with Crippen molar-refractivity contribution in [2.24, 2.45) is 0 Å². The van der Waals surface area contributed by atoms with Gasteiger partial charge in [-0.05, 0) is 68.1 Å². The lowest BCUT2D eigenvalue weighted by Gasteiger charge is -2.10. The molecule has 28 heavy (non-hydrogen) atoms. The highest BCUT2D eigenvalue weighted by atomic mass is 79.9. The lowest BCUT2D eigenvalue weighted by atomic mass is 9.95. The summed E-state index contributed by atoms with van der Waals surface area (Å²) in [7, 11) is 1.54. The number of carbonyl (C=O) groups is 2. The van der Waals surface area contributed by atoms with Crippen LogP contribution < -0.4 is 9.47 Å². The van der Waals surface area contributed by atoms with E-state index in [1.165, 1.54) is 7.11 Å². The van der Waals surface area contributed by atoms with E-state index < -0.39 is 11.8 Å². The molecule has 0 N–H and O–H groups in total. The van der Waals surface area contributed by atoms with Crippen LogP contribution in [0.15, 0.2) is 50.9 Å². The number of ketones is 1. The molecular formula is C21H18Br2O5. The number of benzene rings is 2. The normalized spacial score (nSPS) is 13.5. The molecule has 146 valence electrons. The summed E-state index contributed by atoms with van der Waals surface area (Å²) in [5.41, 5.74) is 1.73. The molecule has 0 saturated heterocycles. The molecule has 2 aromatic rings. The third-order valence-corrected chi connectivity index (χ3v) is 5.40. The SMILES string of the molecule is CCCOc1ccc(C2=C(C(=O)c3cc(Br)c(OC)c(Br)c3)C(=O)OC2)cc1. The number of hydrogen-bond donors (Lipinski definition) is 0. The van der Waals surface area contributed by atoms with Gasteiger partial charge < -0.3 is 14.2 Å². The van der Waals surface area contributed by atoms with Crippen LogP contribution in [0.2, 0.25) is 0 Å². The Hall–Kier alpha value is -2.12. The van der Waals surface area contributed by atoms with E-state index in [4.69, 9.17) is 14.2 Å². The fourth-order valence-electron chi connectivity index (χ4n) is 2.87. The Morgan fingerprint density at radius 1 is 1.14 bits per heavy atom. The molecular weight excluding hydrogens is 492 g/mol. The molecule has 1 heterocycles. The first kappa shape index (κ1) is 20.6. The molecule has 3 rings (SSSR count). The van der Waals surface area contributed by atoms with E-state index in [-0.39, 0.29) is 12.2 Å². The van der Waals surface area contributed by atoms with Gasteiger partial charge in [0.05, 0.1) is 22.7 Å². The summed E-state index contributed by atoms with van der Waals surface area (Å²) >= 11 is 6.77. The van der Waals surface area contributed by atoms with Crippen molar-refractivity contribution in [3.8, 4) is 11.5 Å². The minimum absolute atomic E-state index is 0.0474. The first-order valence-corrected chi connectivity index (χ1v) is 10.3. The van der Waals surface area contributed by atoms with Crippen LogP contribution in [0.5, 0.6) is 11.5 Å². The molecule has 0 bridgehead atoms. The van der Waals surface area contributed by atoms with Gasteiger partial charge in [0.15, 0.2) is 0 Å². The topological polar surface area (TPSA) is 61.8 Å². The summed E-state index contributed by atoms with van der Waals surface area (Å²) in [6, 6.07) is 10.6. The van der Waals surface area contributed by atoms with Crippen LogP contribution in [0.4, 0.5) is 0 Å². The van der Waals surface area contributed by atoms with Crippen LogP contribution in [0.25, 0.3) is 5.57 Å². The summed E-state index contributed by atoms with van der Waals surface area (Å²) in [6.45, 7) is 2.73. The second-order valence-corrected chi connectivity index (χ2v) is 7.81. The highest BCUT2D eigenvalue weighted by Gasteiger charge is 2.32. The Morgan fingerprint density at radius 3 is 2.36 bits per heavy atom. The quantitative estimate of drug-likeness (QED) is 0.291. The van der Waals surface area contributed by atoms with Crippen molar-refractivity contribution in [2.45, 2.75) is 13.3 Å². The number of Topliss-reactive ketones (excluding diaryl/α,β-unsaturated/α-hetero) is 1. The molecule has 2 aromatic carbocycles. The van der Waals surface area contributed by atoms with Gasteiger partial charge in [0.25, 0.3) is 0 Å². The zero-order chi connectivity index (χ0) is 20.3. The minimum atomic E-state index is -0.616. The van der Waals surface area contributed by atoms with Gasteiger partial charge in [0.2, 0.25) is 5.78 Å². The fourth-order valence-corrected chi connectivity index (χ4v) is 4.38. The Bertz CT molecular complexity index is 925. The predicted molar refractivity (Wildman–Crippen MR) is 113 cm³/mol. The molecule has 0 unspecified atom stereocenters. The smallest absolute Gasteiger partial charge is 0.342 e. The summed E-state index contributed by atoms with van der Waals surface area (Å²) < 4.78 is 17.2. The highest BCUT2D eigenvalue weighted by molar-refractivity contribution is 9.11. The number of halogens is 2. The van der Waals surface area contributed by atoms with Crippen molar-refractivity contribution in [1.29, 1.82) is 0 Å². The average Bonchev–Trinajstić information content (AvgIpc) is 3.07. The van der Waals surface area contributed by atoms with E-state index in [1.54, 1.807) is 12.1 Å². The van der Waals surface area contributed by atoms with Crippen molar-refractivity contribution in [1.82, 2.24) is 0 Å². The maximum atomic E-state index is 13.1. The maximum absolute atomic E-state index is 13.1. The Kier molecular flexibility index (Phi) is 6.57. The number of hydrogen-bond acceptors (Lipinski definition) is 5. The van der Waals surface area contributed by atoms with E-state index in [2.05, 4.69) is 31.9 Å². The van der Waals surface area contributed by atoms with Crippen molar-refractivity contribution in [2.75, 3.05) is 20.3 Å². The van der Waals surface area contributed by atoms with Gasteiger partial charge in [-0.25, -0.2) is 4.79 Å². The first-order chi connectivity index (χ1) is 13.5. The van der Waals surface area contributed by atoms with E-state index in [0.717, 1.165) is 17.7 Å². The standard InChI is InChI=1S/C21H18Br2O5/c1-3-8-27-14-6-4-12(5-7-14)15-11-28-21(25)18(15)19(24)13-9-16(22)20(26-2)17(23)10-13/h4-7,9-10H,3,8,11H2,1-2H3. The third kappa shape index (κ3) is 4.15. The Balaban J connectivity index is 1.98. The molecule has 1 aliphatic rings. The van der Waals surface area contributed by atoms with Gasteiger partial charge in [-0.1, -0.05) is 19.1 Å². The summed E-state index contributed by atoms with van der Waals surface area (Å²) in [5.74, 6) is 0.303. The Labute approximate surface area is 179 Å². The largest absolute Gasteiger partial charge is 0.494 e. The molecule has 0 aliphatic carbocycles. The second kappa shape index (κ2) is 8.92. The van der Waals surface area contributed by atoms with Crippen LogP contribution in [0.3, 0.4) is 0 Å². The summed E-state index contributed by atoms with van der Waals surface area (Å²) in [4.78, 5) is 25.4. The molecule has 0 spiro atoms. The number of cyclic esters (lactones) is 1. The van der Waals surface area contributed by atoms with Crippen LogP contribution in [-0.2, 0) is 9.53 Å². The number of methoxy groups -OCH3 is 1. The van der Waals surface area contributed by atoms with Crippen molar-refractivity contribution in [3.63, 3.8) is 0 Å². The lowest BCUT2D eigenvalue weighted by molar-refractivity contribution is -0.135. The van der Waals surface area contributed by atoms with Gasteiger partial charge >= 0.3 is 5.97 Å². The van der Waals surface area contributed by atoms with Gasteiger partial charge in [0, 0.05) is 11.1 Å². The predicted octanol–water partition coefficient (Wildman–Crippen LogP) is 5.20. The van der Waals surface area contributed by atoms with Crippen LogP contribution in [0.1, 0.15) is 29.3 Å². The van der Waals surface area contributed by atoms with E-state index in [9.17, 15) is 9.59 Å². The van der Waals surface area contributed by atoms with Crippen LogP contribution >= 0.6 is 31.9 Å². The number of esters is 1. The first-order valence-electron chi connectivity index (χ1n) is 8.67. The zero-order valence-corrected chi connectivity index (χ0v) is 18.6. The fraction of sp³-hybridized carbons (Fsp3) is 0.238. The van der Waals surface area contributed by atoms with Crippen LogP contribution in [-0.4, -0.2) is 32.1 Å². The molecule has 0 amide bonds. The van der Waals surface area contributed by atoms with E-state index >= 15 is 0 Å². The minimum Gasteiger partial charge on any atom is -0.494 e. The van der Waals surface area contributed by atoms with Crippen molar-refractivity contribution >= 4 is 49.2 Å². The second-order valence-electron chi connectivity index (χ2n) is 6.10. The zero-order valence-electron chi connectivity index (χ0n) is 15.4. The van der Waals surface area contributed by atoms with Gasteiger partial charge in [-0.3, -0.25) is 4.79 Å². The molecule has 0 fully saturated rings. The molecule has 7 heteroatoms. The summed E-state index contributed by atoms with van der Waals surface area (Å²) in [6.07, 6.45) is 0.918. The molecule has 5 nitrogen and oxygen atoms in total. The molecule has 0 atom stereocenters. The van der Waals surface area contributed by atoms with Crippen molar-refractivity contribution < 1.29 is 23.8 Å². The molecule has 0 saturated carbocycles. The highest BCUT2D eigenvalue weighted by Crippen LogP contribution is 2.36. The number of rotatable bonds is 7. The molecule has 0 radical (unpaired) electrons. The van der Waals surface area contributed by atoms with Gasteiger partial charge in [-0.2, -0.15) is 0 Å². The number of ether oxygens (including phenoxy) is 3. The van der Waals surface area contributed by atoms with E-state index in [0.29, 0.717) is 32.4 Å². The average molecular weight is 510 g/mol. The van der Waals surface area contributed by atoms with Crippen LogP contribution in [0, 0.1) is 0 Å². The lowest BCUT2D eigenvalue weighted by Crippen LogP contribution is -2.11. The number of carbonyl (C=O) groups excluding carboxylic acids is 2. The maximum Gasteiger partial charge on any atom is 0.342 e. The third-order valence-electron chi connectivity index (χ3n) is 4.22. The molecule has 0 aromatic heterocycles. The van der Waals surface area contributed by atoms with Gasteiger partial charge in [0.1, 0.15) is 23.7 Å². The van der Waals surface area contributed by atoms with E-state index in [1.807, 2.05) is 31.2 Å².